The number of aromatic nitrogens is 2. The molecule has 8 aromatic rings. The van der Waals surface area contributed by atoms with Gasteiger partial charge >= 0.3 is 0 Å². The number of hydrogen-bond acceptors (Lipinski definition) is 1. The van der Waals surface area contributed by atoms with E-state index in [1.54, 1.807) is 0 Å². The van der Waals surface area contributed by atoms with Gasteiger partial charge in [0, 0.05) is 11.3 Å². The van der Waals surface area contributed by atoms with Crippen LogP contribution in [0.5, 0.6) is 0 Å². The predicted molar refractivity (Wildman–Crippen MR) is 156 cm³/mol. The average molecular weight is 471 g/mol. The molecular weight excluding hydrogens is 448 g/mol. The van der Waals surface area contributed by atoms with E-state index in [0.717, 1.165) is 28.1 Å². The van der Waals surface area contributed by atoms with E-state index in [4.69, 9.17) is 4.98 Å². The summed E-state index contributed by atoms with van der Waals surface area (Å²) in [5.74, 6) is 0.956. The summed E-state index contributed by atoms with van der Waals surface area (Å²) < 4.78 is 2.26. The van der Waals surface area contributed by atoms with Crippen molar-refractivity contribution in [2.75, 3.05) is 0 Å². The minimum atomic E-state index is 0.956. The molecule has 0 spiro atoms. The van der Waals surface area contributed by atoms with Crippen LogP contribution in [0.15, 0.2) is 133 Å². The largest absolute Gasteiger partial charge is 0.292 e. The van der Waals surface area contributed by atoms with Crippen LogP contribution in [0, 0.1) is 0 Å². The minimum Gasteiger partial charge on any atom is -0.292 e. The molecule has 7 aromatic carbocycles. The van der Waals surface area contributed by atoms with Crippen molar-refractivity contribution < 1.29 is 0 Å². The first-order valence-corrected chi connectivity index (χ1v) is 12.6. The van der Waals surface area contributed by atoms with Crippen LogP contribution in [0.1, 0.15) is 0 Å². The van der Waals surface area contributed by atoms with Crippen molar-refractivity contribution in [1.82, 2.24) is 9.55 Å². The van der Waals surface area contributed by atoms with E-state index in [0.29, 0.717) is 0 Å². The van der Waals surface area contributed by atoms with Crippen molar-refractivity contribution in [3.8, 4) is 28.2 Å². The Bertz CT molecular complexity index is 2000. The molecule has 172 valence electrons. The van der Waals surface area contributed by atoms with Crippen LogP contribution in [-0.2, 0) is 0 Å². The van der Waals surface area contributed by atoms with E-state index in [2.05, 4.69) is 126 Å². The summed E-state index contributed by atoms with van der Waals surface area (Å²) in [6.07, 6.45) is 0. The SMILES string of the molecule is c1ccc(-c2nc3ccccc3n2-c2ccc(-c3cc4ccc5cccc6ccc(c3)c4c56)cc2)cc1. The third-order valence-electron chi connectivity index (χ3n) is 7.51. The Morgan fingerprint density at radius 2 is 1.05 bits per heavy atom. The number of benzene rings is 7. The topological polar surface area (TPSA) is 17.8 Å². The highest BCUT2D eigenvalue weighted by Crippen LogP contribution is 2.37. The molecule has 37 heavy (non-hydrogen) atoms. The average Bonchev–Trinajstić information content (AvgIpc) is 3.36. The predicted octanol–water partition coefficient (Wildman–Crippen LogP) is 9.26. The Kier molecular flexibility index (Phi) is 4.26. The number of rotatable bonds is 3. The van der Waals surface area contributed by atoms with Crippen LogP contribution in [-0.4, -0.2) is 9.55 Å². The number of para-hydroxylation sites is 2. The summed E-state index contributed by atoms with van der Waals surface area (Å²) in [4.78, 5) is 4.98. The molecule has 0 aliphatic rings. The van der Waals surface area contributed by atoms with Crippen LogP contribution in [0.3, 0.4) is 0 Å². The maximum Gasteiger partial charge on any atom is 0.145 e. The highest BCUT2D eigenvalue weighted by molar-refractivity contribution is 6.23. The summed E-state index contributed by atoms with van der Waals surface area (Å²) >= 11 is 0. The zero-order valence-electron chi connectivity index (χ0n) is 20.1. The molecule has 0 bridgehead atoms. The molecule has 0 N–H and O–H groups in total. The lowest BCUT2D eigenvalue weighted by molar-refractivity contribution is 1.10. The third kappa shape index (κ3) is 3.09. The van der Waals surface area contributed by atoms with Gasteiger partial charge in [0.2, 0.25) is 0 Å². The van der Waals surface area contributed by atoms with Gasteiger partial charge in [-0.2, -0.15) is 0 Å². The molecule has 0 saturated carbocycles. The first-order valence-electron chi connectivity index (χ1n) is 12.6. The monoisotopic (exact) mass is 470 g/mol. The van der Waals surface area contributed by atoms with Crippen molar-refractivity contribution in [2.24, 2.45) is 0 Å². The second-order valence-electron chi connectivity index (χ2n) is 9.68. The lowest BCUT2D eigenvalue weighted by Gasteiger charge is -2.14. The number of fused-ring (bicyclic) bond motifs is 1. The van der Waals surface area contributed by atoms with Crippen molar-refractivity contribution >= 4 is 43.4 Å². The van der Waals surface area contributed by atoms with Gasteiger partial charge < -0.3 is 0 Å². The molecule has 2 nitrogen and oxygen atoms in total. The first-order chi connectivity index (χ1) is 18.3. The molecule has 0 unspecified atom stereocenters. The Balaban J connectivity index is 1.28. The number of imidazole rings is 1. The van der Waals surface area contributed by atoms with Crippen LogP contribution in [0.25, 0.3) is 71.6 Å². The summed E-state index contributed by atoms with van der Waals surface area (Å²) in [5, 5.41) is 7.89. The van der Waals surface area contributed by atoms with Gasteiger partial charge in [0.1, 0.15) is 5.82 Å². The summed E-state index contributed by atoms with van der Waals surface area (Å²) in [5.41, 5.74) is 6.76. The van der Waals surface area contributed by atoms with E-state index in [1.807, 2.05) is 12.1 Å². The van der Waals surface area contributed by atoms with Gasteiger partial charge in [-0.05, 0) is 79.8 Å². The molecule has 2 heteroatoms. The van der Waals surface area contributed by atoms with Gasteiger partial charge in [-0.15, -0.1) is 0 Å². The van der Waals surface area contributed by atoms with Crippen LogP contribution < -0.4 is 0 Å². The van der Waals surface area contributed by atoms with Gasteiger partial charge in [-0.3, -0.25) is 4.57 Å². The molecule has 1 aromatic heterocycles. The Morgan fingerprint density at radius 1 is 0.432 bits per heavy atom. The molecule has 0 saturated heterocycles. The highest BCUT2D eigenvalue weighted by atomic mass is 15.1. The van der Waals surface area contributed by atoms with Crippen molar-refractivity contribution in [3.05, 3.63) is 133 Å². The number of nitrogens with zero attached hydrogens (tertiary/aromatic N) is 2. The zero-order chi connectivity index (χ0) is 24.3. The lowest BCUT2D eigenvalue weighted by Crippen LogP contribution is -1.97. The van der Waals surface area contributed by atoms with Crippen molar-refractivity contribution in [2.45, 2.75) is 0 Å². The fraction of sp³-hybridized carbons (Fsp3) is 0. The fourth-order valence-electron chi connectivity index (χ4n) is 5.79. The summed E-state index contributed by atoms with van der Waals surface area (Å²) in [6.45, 7) is 0. The maximum atomic E-state index is 4.98. The van der Waals surface area contributed by atoms with Gasteiger partial charge in [0.05, 0.1) is 11.0 Å². The Morgan fingerprint density at radius 3 is 1.78 bits per heavy atom. The second-order valence-corrected chi connectivity index (χ2v) is 9.68. The molecule has 0 aliphatic carbocycles. The maximum absolute atomic E-state index is 4.98. The smallest absolute Gasteiger partial charge is 0.145 e. The van der Waals surface area contributed by atoms with Gasteiger partial charge in [0.15, 0.2) is 0 Å². The summed E-state index contributed by atoms with van der Waals surface area (Å²) in [7, 11) is 0. The van der Waals surface area contributed by atoms with Crippen LogP contribution in [0.4, 0.5) is 0 Å². The Hall–Kier alpha value is -4.95. The second kappa shape index (κ2) is 7.78. The summed E-state index contributed by atoms with van der Waals surface area (Å²) in [6, 6.07) is 47.8. The lowest BCUT2D eigenvalue weighted by atomic mass is 9.91. The van der Waals surface area contributed by atoms with E-state index in [9.17, 15) is 0 Å². The normalized spacial score (nSPS) is 11.8. The Labute approximate surface area is 214 Å². The van der Waals surface area contributed by atoms with E-state index < -0.39 is 0 Å². The fourth-order valence-corrected chi connectivity index (χ4v) is 5.79. The standard InChI is InChI=1S/C35H22N2/c1-2-7-26(8-3-1)35-36-31-11-4-5-12-32(31)37(35)30-19-17-23(18-20-30)29-21-27-15-13-24-9-6-10-25-14-16-28(22-29)34(27)33(24)25/h1-22H. The number of hydrogen-bond donors (Lipinski definition) is 0. The molecule has 0 radical (unpaired) electrons. The molecule has 1 heterocycles. The molecule has 0 atom stereocenters. The third-order valence-corrected chi connectivity index (χ3v) is 7.51. The highest BCUT2D eigenvalue weighted by Gasteiger charge is 2.15. The van der Waals surface area contributed by atoms with Crippen LogP contribution in [0.2, 0.25) is 0 Å². The van der Waals surface area contributed by atoms with E-state index in [-0.39, 0.29) is 0 Å². The van der Waals surface area contributed by atoms with Crippen molar-refractivity contribution in [1.29, 1.82) is 0 Å². The van der Waals surface area contributed by atoms with Crippen molar-refractivity contribution in [3.63, 3.8) is 0 Å². The molecule has 8 rings (SSSR count). The molecular formula is C35H22N2. The van der Waals surface area contributed by atoms with E-state index >= 15 is 0 Å². The minimum absolute atomic E-state index is 0.956. The zero-order valence-corrected chi connectivity index (χ0v) is 20.1. The molecule has 0 amide bonds. The van der Waals surface area contributed by atoms with E-state index in [1.165, 1.54) is 43.4 Å². The van der Waals surface area contributed by atoms with Crippen LogP contribution >= 0.6 is 0 Å². The molecule has 0 fully saturated rings. The van der Waals surface area contributed by atoms with Gasteiger partial charge in [-0.1, -0.05) is 97.1 Å². The molecule has 0 aliphatic heterocycles. The van der Waals surface area contributed by atoms with Gasteiger partial charge in [-0.25, -0.2) is 4.98 Å². The first kappa shape index (κ1) is 20.3. The quantitative estimate of drug-likeness (QED) is 0.235. The van der Waals surface area contributed by atoms with Gasteiger partial charge in [0.25, 0.3) is 0 Å².